The van der Waals surface area contributed by atoms with Gasteiger partial charge in [-0.05, 0) is 42.7 Å². The third kappa shape index (κ3) is 2.74. The molecule has 20 heavy (non-hydrogen) atoms. The Bertz CT molecular complexity index is 609. The molecule has 4 nitrogen and oxygen atoms in total. The van der Waals surface area contributed by atoms with Crippen LogP contribution in [0.1, 0.15) is 31.0 Å². The molecular formula is C16H20N2O2. The molecule has 4 heteroatoms. The number of aryl methyl sites for hydroxylation is 1. The Kier molecular flexibility index (Phi) is 4.23. The van der Waals surface area contributed by atoms with E-state index in [2.05, 4.69) is 30.1 Å². The van der Waals surface area contributed by atoms with E-state index in [0.29, 0.717) is 17.4 Å². The first-order valence-electron chi connectivity index (χ1n) is 6.63. The predicted octanol–water partition coefficient (Wildman–Crippen LogP) is 3.59. The number of ether oxygens (including phenoxy) is 2. The maximum absolute atomic E-state index is 5.33. The Balaban J connectivity index is 2.49. The lowest BCUT2D eigenvalue weighted by Crippen LogP contribution is -1.99. The Morgan fingerprint density at radius 2 is 1.65 bits per heavy atom. The minimum Gasteiger partial charge on any atom is -0.493 e. The van der Waals surface area contributed by atoms with Crippen LogP contribution in [-0.4, -0.2) is 24.4 Å². The highest BCUT2D eigenvalue weighted by Gasteiger charge is 2.11. The van der Waals surface area contributed by atoms with E-state index in [9.17, 15) is 0 Å². The molecule has 0 fully saturated rings. The molecule has 0 aliphatic rings. The first kappa shape index (κ1) is 14.3. The van der Waals surface area contributed by atoms with Crippen LogP contribution in [0.25, 0.3) is 11.3 Å². The van der Waals surface area contributed by atoms with E-state index in [4.69, 9.17) is 9.47 Å². The average Bonchev–Trinajstić information content (AvgIpc) is 2.46. The number of nitrogens with zero attached hydrogens (tertiary/aromatic N) is 2. The maximum Gasteiger partial charge on any atom is 0.161 e. The number of methoxy groups -OCH3 is 2. The highest BCUT2D eigenvalue weighted by molar-refractivity contribution is 5.64. The van der Waals surface area contributed by atoms with Crippen molar-refractivity contribution >= 4 is 0 Å². The molecule has 0 radical (unpaired) electrons. The Morgan fingerprint density at radius 3 is 2.25 bits per heavy atom. The van der Waals surface area contributed by atoms with Crippen LogP contribution < -0.4 is 9.47 Å². The van der Waals surface area contributed by atoms with E-state index in [1.807, 2.05) is 25.1 Å². The van der Waals surface area contributed by atoms with Crippen molar-refractivity contribution in [2.45, 2.75) is 26.7 Å². The zero-order chi connectivity index (χ0) is 14.7. The molecule has 0 atom stereocenters. The van der Waals surface area contributed by atoms with E-state index in [0.717, 1.165) is 17.0 Å². The molecule has 2 rings (SSSR count). The molecule has 0 saturated heterocycles. The van der Waals surface area contributed by atoms with Crippen molar-refractivity contribution in [2.24, 2.45) is 0 Å². The smallest absolute Gasteiger partial charge is 0.161 e. The van der Waals surface area contributed by atoms with Crippen molar-refractivity contribution in [1.29, 1.82) is 0 Å². The van der Waals surface area contributed by atoms with Crippen LogP contribution in [0.5, 0.6) is 11.5 Å². The summed E-state index contributed by atoms with van der Waals surface area (Å²) in [6.45, 7) is 6.30. The largest absolute Gasteiger partial charge is 0.493 e. The summed E-state index contributed by atoms with van der Waals surface area (Å²) in [7, 11) is 3.25. The maximum atomic E-state index is 5.33. The summed E-state index contributed by atoms with van der Waals surface area (Å²) < 4.78 is 10.6. The molecular weight excluding hydrogens is 252 g/mol. The summed E-state index contributed by atoms with van der Waals surface area (Å²) >= 11 is 0. The summed E-state index contributed by atoms with van der Waals surface area (Å²) in [5, 5.41) is 8.53. The van der Waals surface area contributed by atoms with E-state index < -0.39 is 0 Å². The standard InChI is InChI=1S/C16H20N2O2/c1-10(2)13-9-14(18-17-11(13)3)12-6-7-15(19-4)16(8-12)20-5/h6-10H,1-5H3. The molecule has 0 bridgehead atoms. The molecule has 2 aromatic rings. The van der Waals surface area contributed by atoms with Gasteiger partial charge in [-0.2, -0.15) is 10.2 Å². The van der Waals surface area contributed by atoms with Gasteiger partial charge in [0.15, 0.2) is 11.5 Å². The highest BCUT2D eigenvalue weighted by atomic mass is 16.5. The first-order valence-corrected chi connectivity index (χ1v) is 6.63. The number of rotatable bonds is 4. The van der Waals surface area contributed by atoms with Crippen LogP contribution >= 0.6 is 0 Å². The van der Waals surface area contributed by atoms with Gasteiger partial charge in [-0.1, -0.05) is 13.8 Å². The number of hydrogen-bond donors (Lipinski definition) is 0. The van der Waals surface area contributed by atoms with E-state index in [-0.39, 0.29) is 0 Å². The second-order valence-electron chi connectivity index (χ2n) is 4.99. The van der Waals surface area contributed by atoms with Gasteiger partial charge in [0.05, 0.1) is 25.6 Å². The molecule has 106 valence electrons. The molecule has 0 unspecified atom stereocenters. The van der Waals surface area contributed by atoms with Gasteiger partial charge >= 0.3 is 0 Å². The van der Waals surface area contributed by atoms with Crippen molar-refractivity contribution in [3.05, 3.63) is 35.5 Å². The molecule has 1 aromatic carbocycles. The van der Waals surface area contributed by atoms with Gasteiger partial charge in [0, 0.05) is 5.56 Å². The number of benzene rings is 1. The third-order valence-corrected chi connectivity index (χ3v) is 3.32. The Morgan fingerprint density at radius 1 is 0.950 bits per heavy atom. The fourth-order valence-electron chi connectivity index (χ4n) is 2.19. The zero-order valence-electron chi connectivity index (χ0n) is 12.6. The molecule has 0 aliphatic heterocycles. The zero-order valence-corrected chi connectivity index (χ0v) is 12.6. The van der Waals surface area contributed by atoms with E-state index >= 15 is 0 Å². The minimum atomic E-state index is 0.421. The van der Waals surface area contributed by atoms with Crippen LogP contribution in [0.15, 0.2) is 24.3 Å². The van der Waals surface area contributed by atoms with Gasteiger partial charge in [0.25, 0.3) is 0 Å². The quantitative estimate of drug-likeness (QED) is 0.853. The molecule has 0 spiro atoms. The molecule has 1 aromatic heterocycles. The fraction of sp³-hybridized carbons (Fsp3) is 0.375. The van der Waals surface area contributed by atoms with Gasteiger partial charge in [-0.15, -0.1) is 0 Å². The summed E-state index contributed by atoms with van der Waals surface area (Å²) in [4.78, 5) is 0. The van der Waals surface area contributed by atoms with Crippen LogP contribution in [0, 0.1) is 6.92 Å². The fourth-order valence-corrected chi connectivity index (χ4v) is 2.19. The van der Waals surface area contributed by atoms with Gasteiger partial charge in [-0.25, -0.2) is 0 Å². The highest BCUT2D eigenvalue weighted by Crippen LogP contribution is 2.32. The summed E-state index contributed by atoms with van der Waals surface area (Å²) in [6.07, 6.45) is 0. The predicted molar refractivity (Wildman–Crippen MR) is 79.4 cm³/mol. The Labute approximate surface area is 119 Å². The summed E-state index contributed by atoms with van der Waals surface area (Å²) in [6, 6.07) is 7.85. The van der Waals surface area contributed by atoms with E-state index in [1.54, 1.807) is 14.2 Å². The normalized spacial score (nSPS) is 10.7. The van der Waals surface area contributed by atoms with Crippen molar-refractivity contribution < 1.29 is 9.47 Å². The van der Waals surface area contributed by atoms with Crippen molar-refractivity contribution in [1.82, 2.24) is 10.2 Å². The second kappa shape index (κ2) is 5.90. The molecule has 0 amide bonds. The summed E-state index contributed by atoms with van der Waals surface area (Å²) in [5.41, 5.74) is 4.01. The van der Waals surface area contributed by atoms with Gasteiger partial charge in [0.1, 0.15) is 0 Å². The average molecular weight is 272 g/mol. The van der Waals surface area contributed by atoms with Crippen molar-refractivity contribution in [3.63, 3.8) is 0 Å². The van der Waals surface area contributed by atoms with Gasteiger partial charge in [-0.3, -0.25) is 0 Å². The van der Waals surface area contributed by atoms with Crippen molar-refractivity contribution in [2.75, 3.05) is 14.2 Å². The minimum absolute atomic E-state index is 0.421. The van der Waals surface area contributed by atoms with Crippen LogP contribution in [0.3, 0.4) is 0 Å². The van der Waals surface area contributed by atoms with Crippen molar-refractivity contribution in [3.8, 4) is 22.8 Å². The van der Waals surface area contributed by atoms with Crippen LogP contribution in [0.4, 0.5) is 0 Å². The SMILES string of the molecule is COc1ccc(-c2cc(C(C)C)c(C)nn2)cc1OC. The lowest BCUT2D eigenvalue weighted by molar-refractivity contribution is 0.355. The monoisotopic (exact) mass is 272 g/mol. The van der Waals surface area contributed by atoms with Gasteiger partial charge < -0.3 is 9.47 Å². The molecule has 0 aliphatic carbocycles. The second-order valence-corrected chi connectivity index (χ2v) is 4.99. The number of aromatic nitrogens is 2. The van der Waals surface area contributed by atoms with Gasteiger partial charge in [0.2, 0.25) is 0 Å². The summed E-state index contributed by atoms with van der Waals surface area (Å²) in [5.74, 6) is 1.82. The molecule has 0 N–H and O–H groups in total. The molecule has 1 heterocycles. The first-order chi connectivity index (χ1) is 9.56. The van der Waals surface area contributed by atoms with E-state index in [1.165, 1.54) is 5.56 Å². The van der Waals surface area contributed by atoms with Crippen LogP contribution in [0.2, 0.25) is 0 Å². The van der Waals surface area contributed by atoms with Crippen LogP contribution in [-0.2, 0) is 0 Å². The lowest BCUT2D eigenvalue weighted by Gasteiger charge is -2.12. The third-order valence-electron chi connectivity index (χ3n) is 3.32. The topological polar surface area (TPSA) is 44.2 Å². The number of hydrogen-bond acceptors (Lipinski definition) is 4. The molecule has 0 saturated carbocycles. The Hall–Kier alpha value is -2.10. The lowest BCUT2D eigenvalue weighted by atomic mass is 10.00.